The van der Waals surface area contributed by atoms with Gasteiger partial charge in [-0.3, -0.25) is 0 Å². The molecule has 6 heteroatoms. The summed E-state index contributed by atoms with van der Waals surface area (Å²) in [5.41, 5.74) is 0. The van der Waals surface area contributed by atoms with Crippen molar-refractivity contribution in [1.82, 2.24) is 9.21 Å². The Hall–Kier alpha value is -0.430. The molecular formula is C15H25BrN2O2S. The first-order valence-electron chi connectivity index (χ1n) is 7.44. The van der Waals surface area contributed by atoms with Crippen molar-refractivity contribution in [2.24, 2.45) is 0 Å². The number of halogens is 1. The van der Waals surface area contributed by atoms with Crippen LogP contribution in [0.15, 0.2) is 33.6 Å². The van der Waals surface area contributed by atoms with Crippen LogP contribution in [-0.4, -0.2) is 50.3 Å². The molecule has 0 heterocycles. The molecule has 0 spiro atoms. The highest BCUT2D eigenvalue weighted by Crippen LogP contribution is 2.24. The van der Waals surface area contributed by atoms with E-state index in [-0.39, 0.29) is 0 Å². The van der Waals surface area contributed by atoms with E-state index in [4.69, 9.17) is 0 Å². The fourth-order valence-electron chi connectivity index (χ4n) is 2.25. The fourth-order valence-corrected chi connectivity index (χ4v) is 4.70. The molecule has 0 amide bonds. The predicted octanol–water partition coefficient (Wildman–Crippen LogP) is 3.19. The summed E-state index contributed by atoms with van der Waals surface area (Å²) < 4.78 is 27.5. The first kappa shape index (κ1) is 18.6. The molecule has 21 heavy (non-hydrogen) atoms. The van der Waals surface area contributed by atoms with Crippen molar-refractivity contribution in [3.63, 3.8) is 0 Å². The molecule has 0 bridgehead atoms. The molecule has 0 unspecified atom stereocenters. The summed E-state index contributed by atoms with van der Waals surface area (Å²) in [6.07, 6.45) is 0.846. The Morgan fingerprint density at radius 1 is 1.00 bits per heavy atom. The van der Waals surface area contributed by atoms with Gasteiger partial charge in [-0.05, 0) is 54.1 Å². The number of hydrogen-bond acceptors (Lipinski definition) is 3. The van der Waals surface area contributed by atoms with Gasteiger partial charge in [-0.2, -0.15) is 4.31 Å². The van der Waals surface area contributed by atoms with Crippen LogP contribution in [0.25, 0.3) is 0 Å². The molecule has 0 saturated carbocycles. The van der Waals surface area contributed by atoms with E-state index in [1.54, 1.807) is 22.5 Å². The zero-order chi connectivity index (χ0) is 15.9. The van der Waals surface area contributed by atoms with Gasteiger partial charge in [0.05, 0.1) is 4.90 Å². The standard InChI is InChI=1S/C15H25BrN2O2S/c1-4-17(5-2)12-9-13-18(6-3)21(19,20)15-11-8-7-10-14(15)16/h7-8,10-11H,4-6,9,12-13H2,1-3H3. The zero-order valence-corrected chi connectivity index (χ0v) is 15.5. The van der Waals surface area contributed by atoms with Crippen LogP contribution >= 0.6 is 15.9 Å². The lowest BCUT2D eigenvalue weighted by Crippen LogP contribution is -2.34. The van der Waals surface area contributed by atoms with Gasteiger partial charge in [0.25, 0.3) is 0 Å². The molecule has 0 N–H and O–H groups in total. The van der Waals surface area contributed by atoms with Crippen LogP contribution in [0, 0.1) is 0 Å². The third kappa shape index (κ3) is 5.06. The van der Waals surface area contributed by atoms with Crippen molar-refractivity contribution in [3.05, 3.63) is 28.7 Å². The molecule has 0 fully saturated rings. The summed E-state index contributed by atoms with van der Waals surface area (Å²) >= 11 is 3.33. The number of sulfonamides is 1. The minimum Gasteiger partial charge on any atom is -0.304 e. The van der Waals surface area contributed by atoms with E-state index in [1.165, 1.54) is 0 Å². The Morgan fingerprint density at radius 2 is 1.62 bits per heavy atom. The van der Waals surface area contributed by atoms with E-state index in [0.29, 0.717) is 22.5 Å². The highest BCUT2D eigenvalue weighted by Gasteiger charge is 2.24. The largest absolute Gasteiger partial charge is 0.304 e. The van der Waals surface area contributed by atoms with Crippen molar-refractivity contribution < 1.29 is 8.42 Å². The van der Waals surface area contributed by atoms with E-state index in [0.717, 1.165) is 26.1 Å². The molecule has 4 nitrogen and oxygen atoms in total. The first-order chi connectivity index (χ1) is 9.97. The van der Waals surface area contributed by atoms with Crippen LogP contribution in [0.5, 0.6) is 0 Å². The monoisotopic (exact) mass is 376 g/mol. The first-order valence-corrected chi connectivity index (χ1v) is 9.67. The Bertz CT molecular complexity index is 530. The van der Waals surface area contributed by atoms with Crippen LogP contribution in [-0.2, 0) is 10.0 Å². The highest BCUT2D eigenvalue weighted by atomic mass is 79.9. The van der Waals surface area contributed by atoms with Gasteiger partial charge >= 0.3 is 0 Å². The van der Waals surface area contributed by atoms with Crippen LogP contribution in [0.4, 0.5) is 0 Å². The molecule has 0 atom stereocenters. The molecular weight excluding hydrogens is 352 g/mol. The number of rotatable bonds is 9. The van der Waals surface area contributed by atoms with E-state index in [2.05, 4.69) is 34.7 Å². The second-order valence-corrected chi connectivity index (χ2v) is 7.57. The van der Waals surface area contributed by atoms with Gasteiger partial charge in [-0.15, -0.1) is 0 Å². The van der Waals surface area contributed by atoms with E-state index >= 15 is 0 Å². The van der Waals surface area contributed by atoms with Crippen molar-refractivity contribution in [1.29, 1.82) is 0 Å². The second-order valence-electron chi connectivity index (χ2n) is 4.81. The van der Waals surface area contributed by atoms with Gasteiger partial charge in [0, 0.05) is 17.6 Å². The third-order valence-electron chi connectivity index (χ3n) is 3.58. The molecule has 0 aliphatic carbocycles. The van der Waals surface area contributed by atoms with Gasteiger partial charge in [-0.25, -0.2) is 8.42 Å². The zero-order valence-electron chi connectivity index (χ0n) is 13.0. The van der Waals surface area contributed by atoms with Crippen LogP contribution in [0.2, 0.25) is 0 Å². The predicted molar refractivity (Wildman–Crippen MR) is 91.0 cm³/mol. The SMILES string of the molecule is CCN(CC)CCCN(CC)S(=O)(=O)c1ccccc1Br. The Labute approximate surface area is 137 Å². The number of benzene rings is 1. The summed E-state index contributed by atoms with van der Waals surface area (Å²) in [6.45, 7) is 10.1. The topological polar surface area (TPSA) is 40.6 Å². The molecule has 0 aliphatic heterocycles. The van der Waals surface area contributed by atoms with Crippen molar-refractivity contribution in [2.45, 2.75) is 32.1 Å². The van der Waals surface area contributed by atoms with Gasteiger partial charge in [0.1, 0.15) is 0 Å². The average Bonchev–Trinajstić information content (AvgIpc) is 2.47. The summed E-state index contributed by atoms with van der Waals surface area (Å²) in [5.74, 6) is 0. The van der Waals surface area contributed by atoms with Crippen molar-refractivity contribution in [2.75, 3.05) is 32.7 Å². The van der Waals surface area contributed by atoms with E-state index in [1.807, 2.05) is 13.0 Å². The highest BCUT2D eigenvalue weighted by molar-refractivity contribution is 9.10. The lowest BCUT2D eigenvalue weighted by Gasteiger charge is -2.23. The number of nitrogens with zero attached hydrogens (tertiary/aromatic N) is 2. The lowest BCUT2D eigenvalue weighted by atomic mass is 10.3. The van der Waals surface area contributed by atoms with Gasteiger partial charge in [0.2, 0.25) is 10.0 Å². The van der Waals surface area contributed by atoms with Crippen molar-refractivity contribution in [3.8, 4) is 0 Å². The van der Waals surface area contributed by atoms with Crippen LogP contribution in [0.1, 0.15) is 27.2 Å². The minimum atomic E-state index is -3.43. The second kappa shape index (κ2) is 8.88. The Morgan fingerprint density at radius 3 is 2.14 bits per heavy atom. The molecule has 0 radical (unpaired) electrons. The summed E-state index contributed by atoms with van der Waals surface area (Å²) in [7, 11) is -3.43. The van der Waals surface area contributed by atoms with Crippen LogP contribution in [0.3, 0.4) is 0 Å². The Balaban J connectivity index is 2.77. The molecule has 0 aliphatic rings. The molecule has 1 aromatic rings. The summed E-state index contributed by atoms with van der Waals surface area (Å²) in [6, 6.07) is 6.98. The smallest absolute Gasteiger partial charge is 0.244 e. The fraction of sp³-hybridized carbons (Fsp3) is 0.600. The molecule has 1 rings (SSSR count). The number of hydrogen-bond donors (Lipinski definition) is 0. The summed E-state index contributed by atoms with van der Waals surface area (Å²) in [4.78, 5) is 2.65. The maximum absolute atomic E-state index is 12.7. The lowest BCUT2D eigenvalue weighted by molar-refractivity contribution is 0.285. The van der Waals surface area contributed by atoms with Gasteiger partial charge in [-0.1, -0.05) is 32.9 Å². The third-order valence-corrected chi connectivity index (χ3v) is 6.57. The minimum absolute atomic E-state index is 0.342. The molecule has 0 saturated heterocycles. The van der Waals surface area contributed by atoms with Gasteiger partial charge in [0.15, 0.2) is 0 Å². The summed E-state index contributed by atoms with van der Waals surface area (Å²) in [5, 5.41) is 0. The Kier molecular flexibility index (Phi) is 7.87. The molecule has 120 valence electrons. The van der Waals surface area contributed by atoms with Crippen LogP contribution < -0.4 is 0 Å². The quantitative estimate of drug-likeness (QED) is 0.664. The van der Waals surface area contributed by atoms with Crippen molar-refractivity contribution >= 4 is 26.0 Å². The molecule has 1 aromatic carbocycles. The maximum atomic E-state index is 12.7. The van der Waals surface area contributed by atoms with Gasteiger partial charge < -0.3 is 4.90 Å². The normalized spacial score (nSPS) is 12.3. The average molecular weight is 377 g/mol. The molecule has 0 aromatic heterocycles. The van der Waals surface area contributed by atoms with E-state index < -0.39 is 10.0 Å². The van der Waals surface area contributed by atoms with E-state index in [9.17, 15) is 8.42 Å². The maximum Gasteiger partial charge on any atom is 0.244 e.